The van der Waals surface area contributed by atoms with Crippen molar-refractivity contribution in [2.45, 2.75) is 0 Å². The molecule has 0 bridgehead atoms. The molecule has 1 aromatic carbocycles. The van der Waals surface area contributed by atoms with Crippen LogP contribution in [0.25, 0.3) is 10.9 Å². The molecule has 4 nitrogen and oxygen atoms in total. The summed E-state index contributed by atoms with van der Waals surface area (Å²) in [6.45, 7) is 0. The lowest BCUT2D eigenvalue weighted by Gasteiger charge is -1.93. The summed E-state index contributed by atoms with van der Waals surface area (Å²) in [5, 5.41) is 19.1. The van der Waals surface area contributed by atoms with Gasteiger partial charge < -0.3 is 20.9 Å². The summed E-state index contributed by atoms with van der Waals surface area (Å²) in [7, 11) is 0. The zero-order chi connectivity index (χ0) is 8.72. The molecule has 0 saturated carbocycles. The number of phenols is 1. The quantitative estimate of drug-likeness (QED) is 0.471. The van der Waals surface area contributed by atoms with E-state index in [1.807, 2.05) is 0 Å². The number of hydrogen-bond acceptors (Lipinski definition) is 3. The van der Waals surface area contributed by atoms with Gasteiger partial charge in [0, 0.05) is 0 Å². The van der Waals surface area contributed by atoms with Gasteiger partial charge in [-0.3, -0.25) is 0 Å². The number of anilines is 1. The largest absolute Gasteiger partial charge is 0.507 e. The molecule has 0 fully saturated rings. The van der Waals surface area contributed by atoms with Crippen LogP contribution in [0, 0.1) is 0 Å². The highest BCUT2D eigenvalue weighted by Gasteiger charge is 2.10. The Labute approximate surface area is 68.3 Å². The summed E-state index contributed by atoms with van der Waals surface area (Å²) in [6, 6.07) is 4.90. The van der Waals surface area contributed by atoms with Crippen LogP contribution >= 0.6 is 0 Å². The van der Waals surface area contributed by atoms with E-state index in [2.05, 4.69) is 4.98 Å². The summed E-state index contributed by atoms with van der Waals surface area (Å²) in [6.07, 6.45) is 0. The van der Waals surface area contributed by atoms with Gasteiger partial charge in [-0.2, -0.15) is 0 Å². The molecule has 2 rings (SSSR count). The zero-order valence-corrected chi connectivity index (χ0v) is 6.20. The zero-order valence-electron chi connectivity index (χ0n) is 6.20. The lowest BCUT2D eigenvalue weighted by molar-refractivity contribution is 0.466. The van der Waals surface area contributed by atoms with Crippen LogP contribution in [-0.2, 0) is 0 Å². The molecule has 0 radical (unpaired) electrons. The van der Waals surface area contributed by atoms with Crippen molar-refractivity contribution in [1.29, 1.82) is 0 Å². The van der Waals surface area contributed by atoms with Crippen LogP contribution < -0.4 is 5.73 Å². The Balaban J connectivity index is 2.97. The molecule has 4 heteroatoms. The van der Waals surface area contributed by atoms with Crippen molar-refractivity contribution in [3.63, 3.8) is 0 Å². The van der Waals surface area contributed by atoms with E-state index in [0.717, 1.165) is 0 Å². The molecule has 12 heavy (non-hydrogen) atoms. The van der Waals surface area contributed by atoms with Crippen LogP contribution in [0.2, 0.25) is 0 Å². The highest BCUT2D eigenvalue weighted by Crippen LogP contribution is 2.36. The Hall–Kier alpha value is -1.84. The third-order valence-corrected chi connectivity index (χ3v) is 1.80. The molecule has 62 valence electrons. The van der Waals surface area contributed by atoms with E-state index in [1.165, 1.54) is 6.07 Å². The molecular formula is C8H8N2O2. The van der Waals surface area contributed by atoms with E-state index in [1.54, 1.807) is 12.1 Å². The van der Waals surface area contributed by atoms with E-state index in [4.69, 9.17) is 5.73 Å². The number of H-pyrrole nitrogens is 1. The molecule has 5 N–H and O–H groups in total. The summed E-state index contributed by atoms with van der Waals surface area (Å²) in [4.78, 5) is 2.74. The van der Waals surface area contributed by atoms with Gasteiger partial charge in [-0.15, -0.1) is 0 Å². The number of nitrogen functional groups attached to an aromatic ring is 1. The number of fused-ring (bicyclic) bond motifs is 1. The average molecular weight is 164 g/mol. The minimum atomic E-state index is -0.0944. The molecule has 2 aromatic rings. The monoisotopic (exact) mass is 164 g/mol. The number of nitrogens with one attached hydrogen (secondary N) is 1. The molecule has 0 aliphatic carbocycles. The van der Waals surface area contributed by atoms with Gasteiger partial charge in [0.1, 0.15) is 11.6 Å². The molecule has 0 saturated heterocycles. The minimum absolute atomic E-state index is 0.0259. The summed E-state index contributed by atoms with van der Waals surface area (Å²) < 4.78 is 0. The average Bonchev–Trinajstić information content (AvgIpc) is 2.29. The van der Waals surface area contributed by atoms with E-state index in [9.17, 15) is 10.2 Å². The Bertz CT molecular complexity index is 434. The number of benzene rings is 1. The first kappa shape index (κ1) is 6.84. The normalized spacial score (nSPS) is 10.7. The van der Waals surface area contributed by atoms with Gasteiger partial charge in [-0.25, -0.2) is 0 Å². The van der Waals surface area contributed by atoms with Crippen LogP contribution in [0.5, 0.6) is 11.5 Å². The topological polar surface area (TPSA) is 82.3 Å². The van der Waals surface area contributed by atoms with Crippen molar-refractivity contribution in [3.05, 3.63) is 18.2 Å². The van der Waals surface area contributed by atoms with Crippen molar-refractivity contribution in [2.24, 2.45) is 0 Å². The predicted molar refractivity (Wildman–Crippen MR) is 46.0 cm³/mol. The third kappa shape index (κ3) is 0.717. The smallest absolute Gasteiger partial charge is 0.169 e. The van der Waals surface area contributed by atoms with Crippen molar-refractivity contribution < 1.29 is 10.2 Å². The van der Waals surface area contributed by atoms with Crippen LogP contribution in [-0.4, -0.2) is 15.2 Å². The summed E-state index contributed by atoms with van der Waals surface area (Å²) in [5.74, 6) is 0.104. The highest BCUT2D eigenvalue weighted by atomic mass is 16.3. The van der Waals surface area contributed by atoms with E-state index >= 15 is 0 Å². The van der Waals surface area contributed by atoms with Gasteiger partial charge in [-0.05, 0) is 12.1 Å². The van der Waals surface area contributed by atoms with Crippen molar-refractivity contribution in [2.75, 3.05) is 5.73 Å². The fraction of sp³-hybridized carbons (Fsp3) is 0. The van der Waals surface area contributed by atoms with Crippen molar-refractivity contribution >= 4 is 16.7 Å². The maximum absolute atomic E-state index is 9.36. The number of rotatable bonds is 0. The molecule has 1 aromatic heterocycles. The van der Waals surface area contributed by atoms with Gasteiger partial charge in [-0.1, -0.05) is 6.07 Å². The number of hydrogen-bond donors (Lipinski definition) is 4. The lowest BCUT2D eigenvalue weighted by atomic mass is 10.2. The first-order valence-electron chi connectivity index (χ1n) is 3.48. The van der Waals surface area contributed by atoms with Crippen LogP contribution in [0.3, 0.4) is 0 Å². The second kappa shape index (κ2) is 2.07. The number of nitrogens with two attached hydrogens (primary N) is 1. The van der Waals surface area contributed by atoms with Gasteiger partial charge in [0.05, 0.1) is 10.9 Å². The highest BCUT2D eigenvalue weighted by molar-refractivity contribution is 5.95. The van der Waals surface area contributed by atoms with Crippen LogP contribution in [0.4, 0.5) is 5.82 Å². The summed E-state index contributed by atoms with van der Waals surface area (Å²) in [5.41, 5.74) is 6.03. The number of aromatic hydroxyl groups is 2. The van der Waals surface area contributed by atoms with Gasteiger partial charge >= 0.3 is 0 Å². The standard InChI is InChI=1S/C8H8N2O2/c9-8-7(12)6-4(10-8)2-1-3-5(6)11/h1-3,10-12H,9H2. The minimum Gasteiger partial charge on any atom is -0.507 e. The molecule has 1 heterocycles. The third-order valence-electron chi connectivity index (χ3n) is 1.80. The number of phenolic OH excluding ortho intramolecular Hbond substituents is 1. The first-order chi connectivity index (χ1) is 5.70. The van der Waals surface area contributed by atoms with E-state index in [-0.39, 0.29) is 17.3 Å². The Morgan fingerprint density at radius 2 is 2.00 bits per heavy atom. The second-order valence-corrected chi connectivity index (χ2v) is 2.59. The van der Waals surface area contributed by atoms with Crippen molar-refractivity contribution in [1.82, 2.24) is 4.98 Å². The van der Waals surface area contributed by atoms with Gasteiger partial charge in [0.15, 0.2) is 5.75 Å². The Kier molecular flexibility index (Phi) is 1.18. The Morgan fingerprint density at radius 1 is 1.25 bits per heavy atom. The van der Waals surface area contributed by atoms with Crippen LogP contribution in [0.15, 0.2) is 18.2 Å². The van der Waals surface area contributed by atoms with Gasteiger partial charge in [0.2, 0.25) is 0 Å². The molecule has 0 atom stereocenters. The van der Waals surface area contributed by atoms with E-state index < -0.39 is 0 Å². The fourth-order valence-electron chi connectivity index (χ4n) is 1.23. The first-order valence-corrected chi connectivity index (χ1v) is 3.48. The molecular weight excluding hydrogens is 156 g/mol. The predicted octanol–water partition coefficient (Wildman–Crippen LogP) is 1.16. The molecule has 0 amide bonds. The maximum Gasteiger partial charge on any atom is 0.169 e. The fourth-order valence-corrected chi connectivity index (χ4v) is 1.23. The Morgan fingerprint density at radius 3 is 2.67 bits per heavy atom. The molecule has 0 aliphatic rings. The summed E-state index contributed by atoms with van der Waals surface area (Å²) >= 11 is 0. The van der Waals surface area contributed by atoms with Gasteiger partial charge in [0.25, 0.3) is 0 Å². The maximum atomic E-state index is 9.36. The lowest BCUT2D eigenvalue weighted by Crippen LogP contribution is -1.81. The molecule has 0 spiro atoms. The molecule has 0 aliphatic heterocycles. The number of aromatic amines is 1. The second-order valence-electron chi connectivity index (χ2n) is 2.59. The van der Waals surface area contributed by atoms with Crippen LogP contribution in [0.1, 0.15) is 0 Å². The SMILES string of the molecule is Nc1[nH]c2cccc(O)c2c1O. The van der Waals surface area contributed by atoms with Crippen molar-refractivity contribution in [3.8, 4) is 11.5 Å². The van der Waals surface area contributed by atoms with E-state index in [0.29, 0.717) is 10.9 Å². The molecule has 0 unspecified atom stereocenters. The number of aromatic nitrogens is 1.